The Bertz CT molecular complexity index is 717. The summed E-state index contributed by atoms with van der Waals surface area (Å²) in [5.41, 5.74) is 1.78. The van der Waals surface area contributed by atoms with E-state index in [1.807, 2.05) is 24.6 Å². The Morgan fingerprint density at radius 3 is 2.43 bits per heavy atom. The molecule has 0 aliphatic carbocycles. The lowest BCUT2D eigenvalue weighted by molar-refractivity contribution is 0.477. The summed E-state index contributed by atoms with van der Waals surface area (Å²) in [6, 6.07) is 6.97. The molecule has 0 saturated carbocycles. The highest BCUT2D eigenvalue weighted by Gasteiger charge is 2.26. The highest BCUT2D eigenvalue weighted by molar-refractivity contribution is 7.89. The maximum absolute atomic E-state index is 12.4. The topological polar surface area (TPSA) is 62.3 Å². The average Bonchev–Trinajstić information content (AvgIpc) is 3.19. The van der Waals surface area contributed by atoms with Crippen molar-refractivity contribution in [3.63, 3.8) is 0 Å². The summed E-state index contributed by atoms with van der Waals surface area (Å²) >= 11 is 1.53. The summed E-state index contributed by atoms with van der Waals surface area (Å²) in [4.78, 5) is 4.77. The van der Waals surface area contributed by atoms with Crippen LogP contribution < -0.4 is 5.32 Å². The SMILES string of the molecule is CNc1nc(-c2ccc(S(=O)(=O)N3CCCC3)cc2)cs1. The smallest absolute Gasteiger partial charge is 0.243 e. The van der Waals surface area contributed by atoms with Crippen molar-refractivity contribution in [1.29, 1.82) is 0 Å². The van der Waals surface area contributed by atoms with Crippen molar-refractivity contribution >= 4 is 26.5 Å². The highest BCUT2D eigenvalue weighted by atomic mass is 32.2. The second-order valence-electron chi connectivity index (χ2n) is 4.92. The lowest BCUT2D eigenvalue weighted by Gasteiger charge is -2.15. The fraction of sp³-hybridized carbons (Fsp3) is 0.357. The number of hydrogen-bond donors (Lipinski definition) is 1. The Hall–Kier alpha value is -1.44. The van der Waals surface area contributed by atoms with Crippen LogP contribution in [0.4, 0.5) is 5.13 Å². The molecule has 112 valence electrons. The summed E-state index contributed by atoms with van der Waals surface area (Å²) in [5.74, 6) is 0. The minimum Gasteiger partial charge on any atom is -0.365 e. The van der Waals surface area contributed by atoms with Crippen molar-refractivity contribution in [3.8, 4) is 11.3 Å². The second kappa shape index (κ2) is 5.75. The Morgan fingerprint density at radius 1 is 1.19 bits per heavy atom. The summed E-state index contributed by atoms with van der Waals surface area (Å²) in [7, 11) is -1.51. The number of nitrogens with zero attached hydrogens (tertiary/aromatic N) is 2. The molecule has 0 unspecified atom stereocenters. The third-order valence-electron chi connectivity index (χ3n) is 3.57. The number of aromatic nitrogens is 1. The molecule has 0 radical (unpaired) electrons. The van der Waals surface area contributed by atoms with Gasteiger partial charge in [0.25, 0.3) is 0 Å². The molecule has 1 fully saturated rings. The van der Waals surface area contributed by atoms with Crippen molar-refractivity contribution in [1.82, 2.24) is 9.29 Å². The van der Waals surface area contributed by atoms with Crippen LogP contribution in [0.5, 0.6) is 0 Å². The maximum atomic E-state index is 12.4. The maximum Gasteiger partial charge on any atom is 0.243 e. The van der Waals surface area contributed by atoms with Gasteiger partial charge in [-0.05, 0) is 25.0 Å². The number of hydrogen-bond acceptors (Lipinski definition) is 5. The Kier molecular flexibility index (Phi) is 3.97. The molecule has 1 saturated heterocycles. The van der Waals surface area contributed by atoms with Gasteiger partial charge in [0.1, 0.15) is 0 Å². The van der Waals surface area contributed by atoms with E-state index in [0.717, 1.165) is 29.2 Å². The molecule has 2 aromatic rings. The molecule has 1 aliphatic rings. The molecule has 21 heavy (non-hydrogen) atoms. The van der Waals surface area contributed by atoms with Gasteiger partial charge in [-0.1, -0.05) is 12.1 Å². The number of nitrogens with one attached hydrogen (secondary N) is 1. The third kappa shape index (κ3) is 2.81. The van der Waals surface area contributed by atoms with Gasteiger partial charge in [0.05, 0.1) is 10.6 Å². The van der Waals surface area contributed by atoms with Gasteiger partial charge in [-0.3, -0.25) is 0 Å². The van der Waals surface area contributed by atoms with Crippen molar-refractivity contribution in [2.75, 3.05) is 25.5 Å². The third-order valence-corrected chi connectivity index (χ3v) is 6.34. The monoisotopic (exact) mass is 323 g/mol. The molecule has 0 bridgehead atoms. The van der Waals surface area contributed by atoms with Crippen LogP contribution in [-0.2, 0) is 10.0 Å². The minimum atomic E-state index is -3.33. The molecule has 2 heterocycles. The van der Waals surface area contributed by atoms with Crippen LogP contribution in [0.1, 0.15) is 12.8 Å². The summed E-state index contributed by atoms with van der Waals surface area (Å²) < 4.78 is 26.4. The predicted molar refractivity (Wildman–Crippen MR) is 85.1 cm³/mol. The molecule has 1 aromatic carbocycles. The van der Waals surface area contributed by atoms with Crippen LogP contribution in [0.15, 0.2) is 34.5 Å². The molecule has 5 nitrogen and oxygen atoms in total. The van der Waals surface area contributed by atoms with Crippen LogP contribution >= 0.6 is 11.3 Å². The zero-order chi connectivity index (χ0) is 14.9. The minimum absolute atomic E-state index is 0.359. The Balaban J connectivity index is 1.86. The predicted octanol–water partition coefficient (Wildman–Crippen LogP) is 2.64. The van der Waals surface area contributed by atoms with E-state index in [9.17, 15) is 8.42 Å². The molecular formula is C14H17N3O2S2. The fourth-order valence-electron chi connectivity index (χ4n) is 2.40. The van der Waals surface area contributed by atoms with Crippen LogP contribution in [0, 0.1) is 0 Å². The van der Waals surface area contributed by atoms with Gasteiger partial charge >= 0.3 is 0 Å². The van der Waals surface area contributed by atoms with Gasteiger partial charge in [-0.25, -0.2) is 13.4 Å². The first-order valence-electron chi connectivity index (χ1n) is 6.85. The summed E-state index contributed by atoms with van der Waals surface area (Å²) in [5, 5.41) is 5.79. The van der Waals surface area contributed by atoms with E-state index < -0.39 is 10.0 Å². The van der Waals surface area contributed by atoms with Crippen molar-refractivity contribution in [3.05, 3.63) is 29.6 Å². The van der Waals surface area contributed by atoms with E-state index in [2.05, 4.69) is 10.3 Å². The van der Waals surface area contributed by atoms with E-state index in [1.165, 1.54) is 11.3 Å². The quantitative estimate of drug-likeness (QED) is 0.939. The normalized spacial score (nSPS) is 16.2. The standard InChI is InChI=1S/C14H17N3O2S2/c1-15-14-16-13(10-20-14)11-4-6-12(7-5-11)21(18,19)17-8-2-3-9-17/h4-7,10H,2-3,8-9H2,1H3,(H,15,16). The Morgan fingerprint density at radius 2 is 1.86 bits per heavy atom. The molecule has 7 heteroatoms. The van der Waals surface area contributed by atoms with E-state index in [0.29, 0.717) is 18.0 Å². The van der Waals surface area contributed by atoms with Gasteiger partial charge in [0.15, 0.2) is 5.13 Å². The number of thiazole rings is 1. The van der Waals surface area contributed by atoms with Crippen molar-refractivity contribution < 1.29 is 8.42 Å². The van der Waals surface area contributed by atoms with Crippen LogP contribution in [-0.4, -0.2) is 37.8 Å². The van der Waals surface area contributed by atoms with Crippen LogP contribution in [0.3, 0.4) is 0 Å². The molecule has 1 aliphatic heterocycles. The summed E-state index contributed by atoms with van der Waals surface area (Å²) in [6.07, 6.45) is 1.89. The number of anilines is 1. The van der Waals surface area contributed by atoms with E-state index in [-0.39, 0.29) is 0 Å². The second-order valence-corrected chi connectivity index (χ2v) is 7.72. The average molecular weight is 323 g/mol. The summed E-state index contributed by atoms with van der Waals surface area (Å²) in [6.45, 7) is 1.25. The molecule has 0 spiro atoms. The molecule has 1 N–H and O–H groups in total. The van der Waals surface area contributed by atoms with Crippen LogP contribution in [0.2, 0.25) is 0 Å². The molecule has 0 atom stereocenters. The van der Waals surface area contributed by atoms with Gasteiger partial charge in [-0.2, -0.15) is 4.31 Å². The van der Waals surface area contributed by atoms with Crippen molar-refractivity contribution in [2.45, 2.75) is 17.7 Å². The zero-order valence-corrected chi connectivity index (χ0v) is 13.4. The highest BCUT2D eigenvalue weighted by Crippen LogP contribution is 2.27. The first kappa shape index (κ1) is 14.5. The van der Waals surface area contributed by atoms with Crippen LogP contribution in [0.25, 0.3) is 11.3 Å². The van der Waals surface area contributed by atoms with E-state index >= 15 is 0 Å². The zero-order valence-electron chi connectivity index (χ0n) is 11.7. The van der Waals surface area contributed by atoms with Gasteiger partial charge in [0, 0.05) is 31.1 Å². The lowest BCUT2D eigenvalue weighted by atomic mass is 10.2. The molecule has 1 aromatic heterocycles. The number of rotatable bonds is 4. The van der Waals surface area contributed by atoms with Gasteiger partial charge < -0.3 is 5.32 Å². The molecule has 0 amide bonds. The largest absolute Gasteiger partial charge is 0.365 e. The van der Waals surface area contributed by atoms with E-state index in [4.69, 9.17) is 0 Å². The van der Waals surface area contributed by atoms with Crippen molar-refractivity contribution in [2.24, 2.45) is 0 Å². The van der Waals surface area contributed by atoms with Gasteiger partial charge in [0.2, 0.25) is 10.0 Å². The van der Waals surface area contributed by atoms with E-state index in [1.54, 1.807) is 16.4 Å². The Labute approximate surface area is 128 Å². The molecule has 3 rings (SSSR count). The number of sulfonamides is 1. The first-order chi connectivity index (χ1) is 10.1. The fourth-order valence-corrected chi connectivity index (χ4v) is 4.59. The lowest BCUT2D eigenvalue weighted by Crippen LogP contribution is -2.27. The molecular weight excluding hydrogens is 306 g/mol. The van der Waals surface area contributed by atoms with Gasteiger partial charge in [-0.15, -0.1) is 11.3 Å². The first-order valence-corrected chi connectivity index (χ1v) is 9.17. The number of benzene rings is 1.